The Bertz CT molecular complexity index is 1060. The summed E-state index contributed by atoms with van der Waals surface area (Å²) in [7, 11) is 0. The van der Waals surface area contributed by atoms with Crippen molar-refractivity contribution >= 4 is 23.3 Å². The lowest BCUT2D eigenvalue weighted by molar-refractivity contribution is 0.102. The van der Waals surface area contributed by atoms with Crippen molar-refractivity contribution in [2.75, 3.05) is 5.32 Å². The normalized spacial score (nSPS) is 10.7. The third-order valence-electron chi connectivity index (χ3n) is 3.73. The second-order valence-corrected chi connectivity index (χ2v) is 6.22. The third kappa shape index (κ3) is 3.25. The van der Waals surface area contributed by atoms with Crippen molar-refractivity contribution in [2.45, 2.75) is 0 Å². The van der Waals surface area contributed by atoms with E-state index in [-0.39, 0.29) is 17.5 Å². The molecule has 0 aliphatic rings. The van der Waals surface area contributed by atoms with Gasteiger partial charge in [0.15, 0.2) is 0 Å². The number of nitrogens with zero attached hydrogens (tertiary/aromatic N) is 2. The number of carbonyl (C=O) groups is 1. The number of anilines is 1. The Kier molecular flexibility index (Phi) is 4.28. The molecule has 1 N–H and O–H groups in total. The highest BCUT2D eigenvalue weighted by atomic mass is 32.1. The fraction of sp³-hybridized carbons (Fsp3) is 0. The molecule has 0 spiro atoms. The van der Waals surface area contributed by atoms with Crippen molar-refractivity contribution in [2.24, 2.45) is 0 Å². The Morgan fingerprint density at radius 2 is 1.85 bits per heavy atom. The largest absolute Gasteiger partial charge is 0.403 e. The molecule has 7 heteroatoms. The highest BCUT2D eigenvalue weighted by Crippen LogP contribution is 2.27. The van der Waals surface area contributed by atoms with Gasteiger partial charge in [0.05, 0.1) is 5.56 Å². The molecule has 0 aliphatic carbocycles. The molecule has 0 unspecified atom stereocenters. The van der Waals surface area contributed by atoms with Crippen LogP contribution in [0.2, 0.25) is 0 Å². The van der Waals surface area contributed by atoms with E-state index in [2.05, 4.69) is 15.5 Å². The molecular weight excluding hydrogens is 353 g/mol. The quantitative estimate of drug-likeness (QED) is 0.561. The minimum absolute atomic E-state index is 0.0887. The van der Waals surface area contributed by atoms with Gasteiger partial charge in [0.2, 0.25) is 5.89 Å². The molecule has 1 amide bonds. The van der Waals surface area contributed by atoms with Gasteiger partial charge in [0.25, 0.3) is 5.91 Å². The molecule has 4 rings (SSSR count). The number of hydrogen-bond acceptors (Lipinski definition) is 5. The number of hydrogen-bond donors (Lipinski definition) is 1. The zero-order valence-corrected chi connectivity index (χ0v) is 14.2. The third-order valence-corrected chi connectivity index (χ3v) is 4.41. The van der Waals surface area contributed by atoms with Crippen LogP contribution in [0.5, 0.6) is 0 Å². The molecule has 2 aromatic heterocycles. The highest BCUT2D eigenvalue weighted by Gasteiger charge is 2.15. The maximum absolute atomic E-state index is 13.7. The second kappa shape index (κ2) is 6.89. The average Bonchev–Trinajstić information content (AvgIpc) is 3.34. The molecule has 0 atom stereocenters. The summed E-state index contributed by atoms with van der Waals surface area (Å²) in [6, 6.07) is 15.3. The fourth-order valence-electron chi connectivity index (χ4n) is 2.46. The summed E-state index contributed by atoms with van der Waals surface area (Å²) in [5, 5.41) is 14.2. The van der Waals surface area contributed by atoms with Gasteiger partial charge in [-0.1, -0.05) is 29.4 Å². The SMILES string of the molecule is O=C(Nc1nnc(-c2cccc(-c3ccsc3)c2)o1)c1ccccc1F. The van der Waals surface area contributed by atoms with E-state index in [0.717, 1.165) is 16.7 Å². The van der Waals surface area contributed by atoms with Gasteiger partial charge in [0, 0.05) is 5.56 Å². The summed E-state index contributed by atoms with van der Waals surface area (Å²) in [4.78, 5) is 12.1. The standard InChI is InChI=1S/C19H12FN3O2S/c20-16-7-2-1-6-15(16)17(24)21-19-23-22-18(25-19)13-5-3-4-12(10-13)14-8-9-26-11-14/h1-11H,(H,21,23,24). The smallest absolute Gasteiger partial charge is 0.322 e. The van der Waals surface area contributed by atoms with E-state index in [1.54, 1.807) is 17.4 Å². The van der Waals surface area contributed by atoms with Crippen LogP contribution >= 0.6 is 11.3 Å². The maximum atomic E-state index is 13.7. The fourth-order valence-corrected chi connectivity index (χ4v) is 3.13. The van der Waals surface area contributed by atoms with Gasteiger partial charge in [-0.05, 0) is 52.2 Å². The molecule has 0 saturated carbocycles. The van der Waals surface area contributed by atoms with Gasteiger partial charge >= 0.3 is 6.01 Å². The van der Waals surface area contributed by atoms with Crippen LogP contribution in [0.4, 0.5) is 10.4 Å². The first-order valence-electron chi connectivity index (χ1n) is 7.73. The Labute approximate surface area is 152 Å². The van der Waals surface area contributed by atoms with E-state index in [1.807, 2.05) is 41.1 Å². The molecule has 0 bridgehead atoms. The van der Waals surface area contributed by atoms with Gasteiger partial charge in [-0.25, -0.2) is 4.39 Å². The van der Waals surface area contributed by atoms with Crippen LogP contribution in [0.15, 0.2) is 69.8 Å². The van der Waals surface area contributed by atoms with E-state index < -0.39 is 11.7 Å². The summed E-state index contributed by atoms with van der Waals surface area (Å²) in [6.45, 7) is 0. The minimum Gasteiger partial charge on any atom is -0.403 e. The number of carbonyl (C=O) groups excluding carboxylic acids is 1. The number of thiophene rings is 1. The molecule has 0 saturated heterocycles. The Balaban J connectivity index is 1.56. The van der Waals surface area contributed by atoms with E-state index in [4.69, 9.17) is 4.42 Å². The van der Waals surface area contributed by atoms with Crippen LogP contribution in [-0.2, 0) is 0 Å². The first-order chi connectivity index (χ1) is 12.7. The van der Waals surface area contributed by atoms with Crippen molar-refractivity contribution in [3.05, 3.63) is 76.7 Å². The Hall–Kier alpha value is -3.32. The van der Waals surface area contributed by atoms with Crippen molar-refractivity contribution in [1.82, 2.24) is 10.2 Å². The summed E-state index contributed by atoms with van der Waals surface area (Å²) in [5.74, 6) is -0.996. The van der Waals surface area contributed by atoms with Crippen LogP contribution in [0.25, 0.3) is 22.6 Å². The molecule has 4 aromatic rings. The Morgan fingerprint density at radius 1 is 1.00 bits per heavy atom. The first kappa shape index (κ1) is 16.2. The lowest BCUT2D eigenvalue weighted by atomic mass is 10.1. The minimum atomic E-state index is -0.648. The monoisotopic (exact) mass is 365 g/mol. The maximum Gasteiger partial charge on any atom is 0.322 e. The van der Waals surface area contributed by atoms with Gasteiger partial charge in [-0.2, -0.15) is 11.3 Å². The zero-order chi connectivity index (χ0) is 17.9. The number of halogens is 1. The van der Waals surface area contributed by atoms with Gasteiger partial charge < -0.3 is 4.42 Å². The average molecular weight is 365 g/mol. The molecule has 5 nitrogen and oxygen atoms in total. The highest BCUT2D eigenvalue weighted by molar-refractivity contribution is 7.08. The molecule has 0 aliphatic heterocycles. The first-order valence-corrected chi connectivity index (χ1v) is 8.67. The van der Waals surface area contributed by atoms with Crippen LogP contribution in [0.1, 0.15) is 10.4 Å². The summed E-state index contributed by atoms with van der Waals surface area (Å²) < 4.78 is 19.2. The van der Waals surface area contributed by atoms with Crippen molar-refractivity contribution in [1.29, 1.82) is 0 Å². The number of benzene rings is 2. The molecule has 2 aromatic carbocycles. The summed E-state index contributed by atoms with van der Waals surface area (Å²) in [6.07, 6.45) is 0. The van der Waals surface area contributed by atoms with Crippen molar-refractivity contribution in [3.63, 3.8) is 0 Å². The van der Waals surface area contributed by atoms with Crippen molar-refractivity contribution < 1.29 is 13.6 Å². The second-order valence-electron chi connectivity index (χ2n) is 5.44. The Morgan fingerprint density at radius 3 is 2.65 bits per heavy atom. The molecule has 0 radical (unpaired) electrons. The molecule has 128 valence electrons. The van der Waals surface area contributed by atoms with Crippen LogP contribution < -0.4 is 5.32 Å². The van der Waals surface area contributed by atoms with Crippen LogP contribution in [-0.4, -0.2) is 16.1 Å². The topological polar surface area (TPSA) is 68.0 Å². The van der Waals surface area contributed by atoms with E-state index in [0.29, 0.717) is 0 Å². The van der Waals surface area contributed by atoms with Gasteiger partial charge in [0.1, 0.15) is 5.82 Å². The van der Waals surface area contributed by atoms with E-state index in [9.17, 15) is 9.18 Å². The lowest BCUT2D eigenvalue weighted by Crippen LogP contribution is -2.13. The van der Waals surface area contributed by atoms with E-state index in [1.165, 1.54) is 18.2 Å². The number of amides is 1. The predicted molar refractivity (Wildman–Crippen MR) is 97.4 cm³/mol. The molecule has 0 fully saturated rings. The van der Waals surface area contributed by atoms with E-state index >= 15 is 0 Å². The zero-order valence-electron chi connectivity index (χ0n) is 13.3. The summed E-state index contributed by atoms with van der Waals surface area (Å²) >= 11 is 1.62. The molecular formula is C19H12FN3O2S. The number of rotatable bonds is 4. The van der Waals surface area contributed by atoms with Crippen LogP contribution in [0.3, 0.4) is 0 Å². The van der Waals surface area contributed by atoms with Crippen LogP contribution in [0, 0.1) is 5.82 Å². The van der Waals surface area contributed by atoms with Crippen molar-refractivity contribution in [3.8, 4) is 22.6 Å². The summed E-state index contributed by atoms with van der Waals surface area (Å²) in [5.41, 5.74) is 2.77. The number of aromatic nitrogens is 2. The molecule has 2 heterocycles. The predicted octanol–water partition coefficient (Wildman–Crippen LogP) is 4.86. The van der Waals surface area contributed by atoms with Gasteiger partial charge in [-0.3, -0.25) is 10.1 Å². The lowest BCUT2D eigenvalue weighted by Gasteiger charge is -2.02. The number of nitrogens with one attached hydrogen (secondary N) is 1. The molecule has 26 heavy (non-hydrogen) atoms. The van der Waals surface area contributed by atoms with Gasteiger partial charge in [-0.15, -0.1) is 5.10 Å².